The Kier molecular flexibility index (Phi) is 4.93. The number of hydrogen-bond donors (Lipinski definition) is 0. The second-order valence-corrected chi connectivity index (χ2v) is 8.58. The van der Waals surface area contributed by atoms with Gasteiger partial charge in [0.25, 0.3) is 0 Å². The standard InChI is InChI=1S/C16H19F3N4O3S/c1-10-9-26-11(2)8-22(10)15-6-13(16(17,18)19)21-23(15)14-5-4-12(7-20-14)27(3,24)25/h4-7,10-11H,8-9H2,1-3H3/t10-,11-/m1/s1. The molecular weight excluding hydrogens is 385 g/mol. The van der Waals surface area contributed by atoms with Crippen molar-refractivity contribution in [3.63, 3.8) is 0 Å². The van der Waals surface area contributed by atoms with Crippen molar-refractivity contribution < 1.29 is 26.3 Å². The highest BCUT2D eigenvalue weighted by Crippen LogP contribution is 2.33. The molecule has 0 aliphatic carbocycles. The summed E-state index contributed by atoms with van der Waals surface area (Å²) in [5.74, 6) is 0.323. The Labute approximate surface area is 154 Å². The van der Waals surface area contributed by atoms with Gasteiger partial charge in [-0.2, -0.15) is 23.0 Å². The zero-order valence-electron chi connectivity index (χ0n) is 14.9. The first-order valence-electron chi connectivity index (χ1n) is 8.19. The quantitative estimate of drug-likeness (QED) is 0.781. The van der Waals surface area contributed by atoms with E-state index in [9.17, 15) is 21.6 Å². The Morgan fingerprint density at radius 2 is 1.96 bits per heavy atom. The zero-order valence-corrected chi connectivity index (χ0v) is 15.8. The van der Waals surface area contributed by atoms with Crippen LogP contribution >= 0.6 is 0 Å². The van der Waals surface area contributed by atoms with Crippen molar-refractivity contribution in [2.45, 2.75) is 37.1 Å². The molecule has 11 heteroatoms. The van der Waals surface area contributed by atoms with E-state index in [1.807, 2.05) is 13.8 Å². The molecule has 148 valence electrons. The maximum Gasteiger partial charge on any atom is 0.435 e. The normalized spacial score (nSPS) is 21.5. The van der Waals surface area contributed by atoms with Gasteiger partial charge >= 0.3 is 6.18 Å². The summed E-state index contributed by atoms with van der Waals surface area (Å²) in [4.78, 5) is 5.76. The van der Waals surface area contributed by atoms with Crippen LogP contribution in [0, 0.1) is 0 Å². The van der Waals surface area contributed by atoms with E-state index >= 15 is 0 Å². The lowest BCUT2D eigenvalue weighted by Crippen LogP contribution is -2.48. The smallest absolute Gasteiger partial charge is 0.375 e. The van der Waals surface area contributed by atoms with Gasteiger partial charge in [0.15, 0.2) is 21.3 Å². The van der Waals surface area contributed by atoms with Crippen LogP contribution in [0.2, 0.25) is 0 Å². The summed E-state index contributed by atoms with van der Waals surface area (Å²) < 4.78 is 69.5. The summed E-state index contributed by atoms with van der Waals surface area (Å²) >= 11 is 0. The lowest BCUT2D eigenvalue weighted by atomic mass is 10.2. The number of pyridine rings is 1. The van der Waals surface area contributed by atoms with Gasteiger partial charge in [0, 0.05) is 25.1 Å². The highest BCUT2D eigenvalue weighted by molar-refractivity contribution is 7.90. The number of alkyl halides is 3. The van der Waals surface area contributed by atoms with Crippen LogP contribution in [0.1, 0.15) is 19.5 Å². The molecule has 0 amide bonds. The lowest BCUT2D eigenvalue weighted by Gasteiger charge is -2.38. The van der Waals surface area contributed by atoms with Crippen molar-refractivity contribution in [1.29, 1.82) is 0 Å². The lowest BCUT2D eigenvalue weighted by molar-refractivity contribution is -0.141. The van der Waals surface area contributed by atoms with E-state index < -0.39 is 21.7 Å². The first-order chi connectivity index (χ1) is 12.5. The van der Waals surface area contributed by atoms with Gasteiger partial charge in [0.2, 0.25) is 0 Å². The van der Waals surface area contributed by atoms with E-state index in [1.54, 1.807) is 4.90 Å². The van der Waals surface area contributed by atoms with E-state index in [0.29, 0.717) is 13.2 Å². The molecule has 0 aromatic carbocycles. The van der Waals surface area contributed by atoms with Gasteiger partial charge in [-0.25, -0.2) is 13.4 Å². The minimum absolute atomic E-state index is 0.0237. The second-order valence-electron chi connectivity index (χ2n) is 6.57. The number of ether oxygens (including phenoxy) is 1. The van der Waals surface area contributed by atoms with Crippen LogP contribution < -0.4 is 4.90 Å². The monoisotopic (exact) mass is 404 g/mol. The summed E-state index contributed by atoms with van der Waals surface area (Å²) in [6.07, 6.45) is -2.64. The van der Waals surface area contributed by atoms with Crippen LogP contribution in [0.4, 0.5) is 19.0 Å². The van der Waals surface area contributed by atoms with E-state index in [2.05, 4.69) is 10.1 Å². The number of nitrogens with zero attached hydrogens (tertiary/aromatic N) is 4. The van der Waals surface area contributed by atoms with Crippen LogP contribution in [0.25, 0.3) is 5.82 Å². The first kappa shape index (κ1) is 19.6. The van der Waals surface area contributed by atoms with Gasteiger partial charge in [-0.3, -0.25) is 0 Å². The molecule has 2 aromatic heterocycles. The molecule has 2 atom stereocenters. The molecule has 0 N–H and O–H groups in total. The number of halogens is 3. The molecule has 1 fully saturated rings. The van der Waals surface area contributed by atoms with Crippen molar-refractivity contribution >= 4 is 15.7 Å². The van der Waals surface area contributed by atoms with Crippen molar-refractivity contribution in [2.24, 2.45) is 0 Å². The summed E-state index contributed by atoms with van der Waals surface area (Å²) in [5, 5.41) is 3.68. The molecule has 0 bridgehead atoms. The van der Waals surface area contributed by atoms with Crippen LogP contribution in [0.15, 0.2) is 29.3 Å². The maximum atomic E-state index is 13.2. The van der Waals surface area contributed by atoms with Gasteiger partial charge in [-0.05, 0) is 26.0 Å². The minimum atomic E-state index is -4.62. The fourth-order valence-corrected chi connectivity index (χ4v) is 3.38. The van der Waals surface area contributed by atoms with Gasteiger partial charge in [-0.1, -0.05) is 0 Å². The molecule has 1 aliphatic heterocycles. The van der Waals surface area contributed by atoms with Gasteiger partial charge in [0.05, 0.1) is 23.6 Å². The number of aromatic nitrogens is 3. The second kappa shape index (κ2) is 6.79. The molecule has 0 spiro atoms. The van der Waals surface area contributed by atoms with Crippen LogP contribution in [-0.4, -0.2) is 54.7 Å². The Bertz CT molecular complexity index is 925. The molecule has 3 rings (SSSR count). The summed E-state index contributed by atoms with van der Waals surface area (Å²) in [6, 6.07) is 3.44. The summed E-state index contributed by atoms with van der Waals surface area (Å²) in [7, 11) is -3.47. The summed E-state index contributed by atoms with van der Waals surface area (Å²) in [6.45, 7) is 4.44. The largest absolute Gasteiger partial charge is 0.435 e. The molecule has 27 heavy (non-hydrogen) atoms. The van der Waals surface area contributed by atoms with Crippen molar-refractivity contribution in [3.05, 3.63) is 30.1 Å². The van der Waals surface area contributed by atoms with Crippen LogP contribution in [0.5, 0.6) is 0 Å². The van der Waals surface area contributed by atoms with Gasteiger partial charge < -0.3 is 9.64 Å². The molecule has 7 nitrogen and oxygen atoms in total. The maximum absolute atomic E-state index is 13.2. The highest BCUT2D eigenvalue weighted by atomic mass is 32.2. The van der Waals surface area contributed by atoms with Gasteiger partial charge in [-0.15, -0.1) is 0 Å². The van der Waals surface area contributed by atoms with Crippen LogP contribution in [-0.2, 0) is 20.8 Å². The molecule has 0 unspecified atom stereocenters. The Morgan fingerprint density at radius 3 is 2.52 bits per heavy atom. The van der Waals surface area contributed by atoms with E-state index in [4.69, 9.17) is 4.74 Å². The number of hydrogen-bond acceptors (Lipinski definition) is 6. The van der Waals surface area contributed by atoms with E-state index in [1.165, 1.54) is 12.1 Å². The highest BCUT2D eigenvalue weighted by Gasteiger charge is 2.37. The Balaban J connectivity index is 2.09. The van der Waals surface area contributed by atoms with E-state index in [0.717, 1.165) is 23.2 Å². The average Bonchev–Trinajstić information content (AvgIpc) is 3.02. The van der Waals surface area contributed by atoms with Crippen molar-refractivity contribution in [1.82, 2.24) is 14.8 Å². The fourth-order valence-electron chi connectivity index (χ4n) is 2.82. The number of morpholine rings is 1. The number of anilines is 1. The third-order valence-electron chi connectivity index (χ3n) is 4.25. The average molecular weight is 404 g/mol. The predicted molar refractivity (Wildman–Crippen MR) is 91.7 cm³/mol. The van der Waals surface area contributed by atoms with Crippen LogP contribution in [0.3, 0.4) is 0 Å². The molecule has 2 aromatic rings. The molecule has 0 radical (unpaired) electrons. The zero-order chi connectivity index (χ0) is 20.0. The molecule has 3 heterocycles. The van der Waals surface area contributed by atoms with Crippen molar-refractivity contribution in [2.75, 3.05) is 24.3 Å². The number of sulfone groups is 1. The SMILES string of the molecule is C[C@@H]1CN(c2cc(C(F)(F)F)nn2-c2ccc(S(C)(=O)=O)cn2)[C@H](C)CO1. The minimum Gasteiger partial charge on any atom is -0.375 e. The Morgan fingerprint density at radius 1 is 1.26 bits per heavy atom. The fraction of sp³-hybridized carbons (Fsp3) is 0.500. The molecular formula is C16H19F3N4O3S. The summed E-state index contributed by atoms with van der Waals surface area (Å²) in [5.41, 5.74) is -1.04. The third kappa shape index (κ3) is 4.08. The Hall–Kier alpha value is -2.14. The molecule has 1 aliphatic rings. The van der Waals surface area contributed by atoms with E-state index in [-0.39, 0.29) is 28.7 Å². The number of rotatable bonds is 3. The molecule has 0 saturated carbocycles. The predicted octanol–water partition coefficient (Wildman–Crippen LogP) is 2.30. The first-order valence-corrected chi connectivity index (χ1v) is 10.1. The topological polar surface area (TPSA) is 77.3 Å². The third-order valence-corrected chi connectivity index (χ3v) is 5.35. The van der Waals surface area contributed by atoms with Crippen molar-refractivity contribution in [3.8, 4) is 5.82 Å². The van der Waals surface area contributed by atoms with Gasteiger partial charge in [0.1, 0.15) is 5.82 Å². The molecule has 1 saturated heterocycles.